The summed E-state index contributed by atoms with van der Waals surface area (Å²) in [4.78, 5) is 24.2. The van der Waals surface area contributed by atoms with Crippen LogP contribution in [0.5, 0.6) is 0 Å². The van der Waals surface area contributed by atoms with Crippen molar-refractivity contribution in [3.05, 3.63) is 33.2 Å². The van der Waals surface area contributed by atoms with Crippen LogP contribution in [0.4, 0.5) is 0 Å². The highest BCUT2D eigenvalue weighted by atomic mass is 16.1. The first-order valence-electron chi connectivity index (χ1n) is 6.09. The zero-order chi connectivity index (χ0) is 12.8. The van der Waals surface area contributed by atoms with Crippen molar-refractivity contribution in [2.75, 3.05) is 0 Å². The lowest BCUT2D eigenvalue weighted by Gasteiger charge is -2.24. The van der Waals surface area contributed by atoms with E-state index in [1.54, 1.807) is 11.6 Å². The number of nitrogens with zero attached hydrogens (tertiary/aromatic N) is 1. The Morgan fingerprint density at radius 1 is 1.18 bits per heavy atom. The standard InChI is InChI=1S/C14H19NO2/c1-14(2,3)10-8-9-11(15(4)13(10)17)6-5-7-12(9)16/h8H,5-7H2,1-4H3. The SMILES string of the molecule is Cn1c2c(cc(C(C)(C)C)c1=O)C(=O)CCC2. The molecule has 2 rings (SSSR count). The summed E-state index contributed by atoms with van der Waals surface area (Å²) in [5, 5.41) is 0. The van der Waals surface area contributed by atoms with Crippen LogP contribution in [-0.4, -0.2) is 10.4 Å². The molecule has 0 bridgehead atoms. The Balaban J connectivity index is 2.75. The molecule has 0 saturated heterocycles. The minimum absolute atomic E-state index is 0.0333. The van der Waals surface area contributed by atoms with Crippen LogP contribution in [0.1, 0.15) is 55.2 Å². The Hall–Kier alpha value is -1.38. The summed E-state index contributed by atoms with van der Waals surface area (Å²) in [6, 6.07) is 1.82. The van der Waals surface area contributed by atoms with E-state index in [1.165, 1.54) is 0 Å². The van der Waals surface area contributed by atoms with Crippen LogP contribution < -0.4 is 5.56 Å². The number of ketones is 1. The Morgan fingerprint density at radius 3 is 2.41 bits per heavy atom. The van der Waals surface area contributed by atoms with Crippen molar-refractivity contribution < 1.29 is 4.79 Å². The first kappa shape index (κ1) is 12.1. The maximum atomic E-state index is 12.2. The molecule has 17 heavy (non-hydrogen) atoms. The molecule has 0 atom stereocenters. The molecule has 3 nitrogen and oxygen atoms in total. The number of carbonyl (C=O) groups is 1. The minimum Gasteiger partial charge on any atom is -0.315 e. The predicted octanol–water partition coefficient (Wildman–Crippen LogP) is 2.20. The number of aromatic nitrogens is 1. The summed E-state index contributed by atoms with van der Waals surface area (Å²) in [5.41, 5.74) is 2.20. The molecule has 3 heteroatoms. The number of pyridine rings is 1. The minimum atomic E-state index is -0.221. The van der Waals surface area contributed by atoms with Gasteiger partial charge in [-0.2, -0.15) is 0 Å². The molecule has 0 saturated carbocycles. The summed E-state index contributed by atoms with van der Waals surface area (Å²) >= 11 is 0. The van der Waals surface area contributed by atoms with Gasteiger partial charge in [0.15, 0.2) is 5.78 Å². The van der Waals surface area contributed by atoms with Gasteiger partial charge in [-0.05, 0) is 24.3 Å². The van der Waals surface area contributed by atoms with Crippen molar-refractivity contribution in [3.63, 3.8) is 0 Å². The van der Waals surface area contributed by atoms with E-state index in [-0.39, 0.29) is 16.8 Å². The van der Waals surface area contributed by atoms with Crippen LogP contribution in [0.3, 0.4) is 0 Å². The van der Waals surface area contributed by atoms with Gasteiger partial charge < -0.3 is 4.57 Å². The number of carbonyl (C=O) groups excluding carboxylic acids is 1. The molecular formula is C14H19NO2. The second kappa shape index (κ2) is 3.83. The average Bonchev–Trinajstić information content (AvgIpc) is 2.22. The average molecular weight is 233 g/mol. The van der Waals surface area contributed by atoms with Gasteiger partial charge in [0.05, 0.1) is 0 Å². The van der Waals surface area contributed by atoms with Gasteiger partial charge in [-0.25, -0.2) is 0 Å². The van der Waals surface area contributed by atoms with Crippen molar-refractivity contribution >= 4 is 5.78 Å². The van der Waals surface area contributed by atoms with Crippen LogP contribution in [0.25, 0.3) is 0 Å². The summed E-state index contributed by atoms with van der Waals surface area (Å²) in [7, 11) is 1.77. The fraction of sp³-hybridized carbons (Fsp3) is 0.571. The molecule has 0 aliphatic heterocycles. The topological polar surface area (TPSA) is 39.1 Å². The second-order valence-electron chi connectivity index (χ2n) is 5.81. The van der Waals surface area contributed by atoms with Gasteiger partial charge in [-0.15, -0.1) is 0 Å². The maximum absolute atomic E-state index is 12.2. The van der Waals surface area contributed by atoms with E-state index in [1.807, 2.05) is 26.8 Å². The molecule has 1 aromatic heterocycles. The summed E-state index contributed by atoms with van der Waals surface area (Å²) < 4.78 is 1.66. The fourth-order valence-corrected chi connectivity index (χ4v) is 2.41. The third-order valence-electron chi connectivity index (χ3n) is 3.47. The van der Waals surface area contributed by atoms with E-state index in [2.05, 4.69) is 0 Å². The fourth-order valence-electron chi connectivity index (χ4n) is 2.41. The number of hydrogen-bond donors (Lipinski definition) is 0. The van der Waals surface area contributed by atoms with E-state index in [0.717, 1.165) is 29.7 Å². The predicted molar refractivity (Wildman–Crippen MR) is 67.7 cm³/mol. The Labute approximate surface area is 101 Å². The van der Waals surface area contributed by atoms with Crippen LogP contribution in [0.15, 0.2) is 10.9 Å². The number of Topliss-reactive ketones (excluding diaryl/α,β-unsaturated/α-hetero) is 1. The van der Waals surface area contributed by atoms with Crippen LogP contribution in [0.2, 0.25) is 0 Å². The molecule has 1 heterocycles. The molecule has 0 N–H and O–H groups in total. The molecule has 1 aliphatic rings. The largest absolute Gasteiger partial charge is 0.315 e. The highest BCUT2D eigenvalue weighted by molar-refractivity contribution is 5.98. The Bertz CT molecular complexity index is 532. The molecule has 0 spiro atoms. The zero-order valence-electron chi connectivity index (χ0n) is 11.0. The number of fused-ring (bicyclic) bond motifs is 1. The van der Waals surface area contributed by atoms with Gasteiger partial charge in [-0.3, -0.25) is 9.59 Å². The first-order valence-corrected chi connectivity index (χ1v) is 6.09. The molecule has 1 aromatic rings. The third-order valence-corrected chi connectivity index (χ3v) is 3.47. The molecule has 0 amide bonds. The normalized spacial score (nSPS) is 15.9. The molecule has 0 radical (unpaired) electrons. The smallest absolute Gasteiger partial charge is 0.254 e. The Kier molecular flexibility index (Phi) is 2.72. The highest BCUT2D eigenvalue weighted by Gasteiger charge is 2.26. The van der Waals surface area contributed by atoms with Crippen molar-refractivity contribution in [2.45, 2.75) is 45.4 Å². The van der Waals surface area contributed by atoms with Gasteiger partial charge in [0, 0.05) is 30.3 Å². The lowest BCUT2D eigenvalue weighted by atomic mass is 9.84. The third kappa shape index (κ3) is 1.94. The van der Waals surface area contributed by atoms with Gasteiger partial charge in [0.2, 0.25) is 0 Å². The van der Waals surface area contributed by atoms with Crippen LogP contribution >= 0.6 is 0 Å². The molecule has 0 aromatic carbocycles. The van der Waals surface area contributed by atoms with E-state index >= 15 is 0 Å². The Morgan fingerprint density at radius 2 is 1.82 bits per heavy atom. The monoisotopic (exact) mass is 233 g/mol. The van der Waals surface area contributed by atoms with Gasteiger partial charge >= 0.3 is 0 Å². The molecule has 92 valence electrons. The van der Waals surface area contributed by atoms with Crippen molar-refractivity contribution in [1.82, 2.24) is 4.57 Å². The van der Waals surface area contributed by atoms with Crippen molar-refractivity contribution in [1.29, 1.82) is 0 Å². The molecule has 0 fully saturated rings. The summed E-state index contributed by atoms with van der Waals surface area (Å²) in [6.07, 6.45) is 2.29. The summed E-state index contributed by atoms with van der Waals surface area (Å²) in [6.45, 7) is 6.01. The van der Waals surface area contributed by atoms with Crippen molar-refractivity contribution in [3.8, 4) is 0 Å². The molecule has 0 unspecified atom stereocenters. The lowest BCUT2D eigenvalue weighted by molar-refractivity contribution is 0.0970. The van der Waals surface area contributed by atoms with Crippen molar-refractivity contribution in [2.24, 2.45) is 7.05 Å². The maximum Gasteiger partial charge on any atom is 0.254 e. The van der Waals surface area contributed by atoms with Crippen LogP contribution in [-0.2, 0) is 18.9 Å². The van der Waals surface area contributed by atoms with Gasteiger partial charge in [0.25, 0.3) is 5.56 Å². The van der Waals surface area contributed by atoms with E-state index in [0.29, 0.717) is 6.42 Å². The van der Waals surface area contributed by atoms with E-state index in [9.17, 15) is 9.59 Å². The number of rotatable bonds is 0. The van der Waals surface area contributed by atoms with Gasteiger partial charge in [0.1, 0.15) is 0 Å². The van der Waals surface area contributed by atoms with E-state index < -0.39 is 0 Å². The lowest BCUT2D eigenvalue weighted by Crippen LogP contribution is -2.33. The quantitative estimate of drug-likeness (QED) is 0.689. The first-order chi connectivity index (χ1) is 7.82. The second-order valence-corrected chi connectivity index (χ2v) is 5.81. The van der Waals surface area contributed by atoms with Crippen LogP contribution in [0, 0.1) is 0 Å². The zero-order valence-corrected chi connectivity index (χ0v) is 11.0. The summed E-state index contributed by atoms with van der Waals surface area (Å²) in [5.74, 6) is 0.173. The molecule has 1 aliphatic carbocycles. The van der Waals surface area contributed by atoms with E-state index in [4.69, 9.17) is 0 Å². The van der Waals surface area contributed by atoms with Gasteiger partial charge in [-0.1, -0.05) is 20.8 Å². The molecular weight excluding hydrogens is 214 g/mol. The highest BCUT2D eigenvalue weighted by Crippen LogP contribution is 2.25. The number of hydrogen-bond acceptors (Lipinski definition) is 2.